The van der Waals surface area contributed by atoms with E-state index in [0.29, 0.717) is 16.7 Å². The lowest BCUT2D eigenvalue weighted by molar-refractivity contribution is 0.342. The van der Waals surface area contributed by atoms with E-state index in [2.05, 4.69) is 10.6 Å². The third-order valence-corrected chi connectivity index (χ3v) is 3.44. The Bertz CT molecular complexity index is 590. The first-order chi connectivity index (χ1) is 10.2. The van der Waals surface area contributed by atoms with E-state index in [1.54, 1.807) is 12.1 Å². The Balaban J connectivity index is 1.86. The van der Waals surface area contributed by atoms with Gasteiger partial charge in [-0.15, -0.1) is 0 Å². The largest absolute Gasteiger partial charge is 0.492 e. The number of rotatable bonds is 7. The molecular weight excluding hydrogens is 307 g/mol. The predicted molar refractivity (Wildman–Crippen MR) is 91.1 cm³/mol. The summed E-state index contributed by atoms with van der Waals surface area (Å²) in [6.45, 7) is 4.09. The van der Waals surface area contributed by atoms with Gasteiger partial charge in [-0.05, 0) is 37.3 Å². The Kier molecular flexibility index (Phi) is 6.03. The van der Waals surface area contributed by atoms with Gasteiger partial charge in [0.25, 0.3) is 0 Å². The summed E-state index contributed by atoms with van der Waals surface area (Å²) in [6, 6.07) is 13.3. The molecule has 2 aromatic carbocycles. The topological polar surface area (TPSA) is 33.3 Å². The van der Waals surface area contributed by atoms with Crippen molar-refractivity contribution in [2.45, 2.75) is 6.92 Å². The first kappa shape index (κ1) is 15.8. The van der Waals surface area contributed by atoms with Gasteiger partial charge in [0.1, 0.15) is 5.75 Å². The highest BCUT2D eigenvalue weighted by atomic mass is 35.5. The van der Waals surface area contributed by atoms with Crippen LogP contribution in [0.4, 0.5) is 11.4 Å². The van der Waals surface area contributed by atoms with Gasteiger partial charge in [0.05, 0.1) is 23.0 Å². The van der Waals surface area contributed by atoms with E-state index in [-0.39, 0.29) is 0 Å². The second kappa shape index (κ2) is 8.01. The second-order valence-corrected chi connectivity index (χ2v) is 5.25. The Morgan fingerprint density at radius 3 is 2.43 bits per heavy atom. The van der Waals surface area contributed by atoms with Crippen LogP contribution >= 0.6 is 23.2 Å². The van der Waals surface area contributed by atoms with Crippen molar-refractivity contribution in [1.82, 2.24) is 0 Å². The van der Waals surface area contributed by atoms with Gasteiger partial charge >= 0.3 is 0 Å². The highest BCUT2D eigenvalue weighted by molar-refractivity contribution is 6.35. The van der Waals surface area contributed by atoms with Crippen LogP contribution in [0.3, 0.4) is 0 Å². The molecule has 3 nitrogen and oxygen atoms in total. The summed E-state index contributed by atoms with van der Waals surface area (Å²) < 4.78 is 5.57. The maximum absolute atomic E-state index is 6.10. The number of hydrogen-bond acceptors (Lipinski definition) is 3. The Labute approximate surface area is 135 Å². The lowest BCUT2D eigenvalue weighted by Crippen LogP contribution is -2.14. The van der Waals surface area contributed by atoms with Gasteiger partial charge in [0.2, 0.25) is 0 Å². The maximum atomic E-state index is 6.10. The first-order valence-corrected chi connectivity index (χ1v) is 7.61. The molecule has 0 fully saturated rings. The fourth-order valence-electron chi connectivity index (χ4n) is 1.92. The van der Waals surface area contributed by atoms with Crippen LogP contribution in [0, 0.1) is 0 Å². The molecule has 2 rings (SSSR count). The van der Waals surface area contributed by atoms with Gasteiger partial charge in [0, 0.05) is 18.1 Å². The second-order valence-electron chi connectivity index (χ2n) is 4.41. The highest BCUT2D eigenvalue weighted by Gasteiger charge is 2.02. The average Bonchev–Trinajstić information content (AvgIpc) is 2.49. The quantitative estimate of drug-likeness (QED) is 0.709. The lowest BCUT2D eigenvalue weighted by Gasteiger charge is -2.13. The average molecular weight is 325 g/mol. The molecular formula is C16H18Cl2N2O. The Morgan fingerprint density at radius 2 is 1.67 bits per heavy atom. The smallest absolute Gasteiger partial charge is 0.142 e. The maximum Gasteiger partial charge on any atom is 0.142 e. The molecule has 0 aromatic heterocycles. The summed E-state index contributed by atoms with van der Waals surface area (Å²) in [5.41, 5.74) is 1.82. The van der Waals surface area contributed by atoms with Gasteiger partial charge < -0.3 is 15.4 Å². The fourth-order valence-corrected chi connectivity index (χ4v) is 2.28. The van der Waals surface area contributed by atoms with Crippen LogP contribution in [0.25, 0.3) is 0 Å². The van der Waals surface area contributed by atoms with E-state index >= 15 is 0 Å². The summed E-state index contributed by atoms with van der Waals surface area (Å²) in [4.78, 5) is 0. The molecule has 0 saturated heterocycles. The molecule has 0 heterocycles. The lowest BCUT2D eigenvalue weighted by atomic mass is 10.3. The van der Waals surface area contributed by atoms with Crippen LogP contribution in [0.2, 0.25) is 10.0 Å². The summed E-state index contributed by atoms with van der Waals surface area (Å²) in [5, 5.41) is 7.92. The molecule has 0 saturated carbocycles. The van der Waals surface area contributed by atoms with Crippen molar-refractivity contribution in [3.8, 4) is 5.75 Å². The van der Waals surface area contributed by atoms with E-state index in [9.17, 15) is 0 Å². The van der Waals surface area contributed by atoms with Gasteiger partial charge in [-0.2, -0.15) is 0 Å². The van der Waals surface area contributed by atoms with Crippen molar-refractivity contribution in [2.75, 3.05) is 30.3 Å². The molecule has 2 N–H and O–H groups in total. The van der Waals surface area contributed by atoms with E-state index in [4.69, 9.17) is 27.9 Å². The number of ether oxygens (including phenoxy) is 1. The van der Waals surface area contributed by atoms with Gasteiger partial charge in [-0.3, -0.25) is 0 Å². The normalized spacial score (nSPS) is 10.2. The minimum absolute atomic E-state index is 0.648. The number of nitrogens with one attached hydrogen (secondary N) is 2. The molecule has 0 aliphatic carbocycles. The monoisotopic (exact) mass is 324 g/mol. The van der Waals surface area contributed by atoms with Gasteiger partial charge in [0.15, 0.2) is 0 Å². The minimum Gasteiger partial charge on any atom is -0.492 e. The molecule has 0 aliphatic heterocycles. The molecule has 0 atom stereocenters. The molecule has 112 valence electrons. The zero-order valence-electron chi connectivity index (χ0n) is 11.8. The van der Waals surface area contributed by atoms with Crippen LogP contribution < -0.4 is 15.4 Å². The third-order valence-electron chi connectivity index (χ3n) is 2.87. The Morgan fingerprint density at radius 1 is 0.952 bits per heavy atom. The molecule has 0 aliphatic rings. The number of anilines is 2. The molecule has 0 amide bonds. The van der Waals surface area contributed by atoms with Crippen molar-refractivity contribution >= 4 is 34.6 Å². The third kappa shape index (κ3) is 4.73. The van der Waals surface area contributed by atoms with E-state index in [0.717, 1.165) is 30.2 Å². The van der Waals surface area contributed by atoms with Crippen LogP contribution in [-0.2, 0) is 0 Å². The summed E-state index contributed by atoms with van der Waals surface area (Å²) in [5.74, 6) is 0.862. The van der Waals surface area contributed by atoms with Crippen molar-refractivity contribution in [2.24, 2.45) is 0 Å². The Hall–Kier alpha value is -1.58. The molecule has 0 bridgehead atoms. The number of para-hydroxylation sites is 2. The van der Waals surface area contributed by atoms with E-state index < -0.39 is 0 Å². The van der Waals surface area contributed by atoms with E-state index in [1.807, 2.05) is 37.3 Å². The molecule has 0 spiro atoms. The van der Waals surface area contributed by atoms with Crippen molar-refractivity contribution < 1.29 is 4.74 Å². The number of benzene rings is 2. The van der Waals surface area contributed by atoms with E-state index in [1.165, 1.54) is 0 Å². The molecule has 0 radical (unpaired) electrons. The van der Waals surface area contributed by atoms with Crippen LogP contribution in [0.5, 0.6) is 5.75 Å². The van der Waals surface area contributed by atoms with Crippen molar-refractivity contribution in [3.05, 3.63) is 52.5 Å². The molecule has 2 aromatic rings. The fraction of sp³-hybridized carbons (Fsp3) is 0.250. The highest BCUT2D eigenvalue weighted by Crippen LogP contribution is 2.25. The van der Waals surface area contributed by atoms with Gasteiger partial charge in [-0.1, -0.05) is 35.3 Å². The SMILES string of the molecule is CCOc1ccccc1NCCNc1cc(Cl)ccc1Cl. The van der Waals surface area contributed by atoms with Crippen LogP contribution in [-0.4, -0.2) is 19.7 Å². The number of hydrogen-bond donors (Lipinski definition) is 2. The van der Waals surface area contributed by atoms with Crippen LogP contribution in [0.15, 0.2) is 42.5 Å². The van der Waals surface area contributed by atoms with Crippen LogP contribution in [0.1, 0.15) is 6.92 Å². The number of halogens is 2. The van der Waals surface area contributed by atoms with Crippen molar-refractivity contribution in [3.63, 3.8) is 0 Å². The summed E-state index contributed by atoms with van der Waals surface area (Å²) in [6.07, 6.45) is 0. The first-order valence-electron chi connectivity index (χ1n) is 6.85. The molecule has 5 heteroatoms. The minimum atomic E-state index is 0.648. The molecule has 21 heavy (non-hydrogen) atoms. The summed E-state index contributed by atoms with van der Waals surface area (Å²) in [7, 11) is 0. The summed E-state index contributed by atoms with van der Waals surface area (Å²) >= 11 is 12.0. The standard InChI is InChI=1S/C16H18Cl2N2O/c1-2-21-16-6-4-3-5-14(16)19-9-10-20-15-11-12(17)7-8-13(15)18/h3-8,11,19-20H,2,9-10H2,1H3. The predicted octanol–water partition coefficient (Wildman–Crippen LogP) is 4.92. The molecule has 0 unspecified atom stereocenters. The van der Waals surface area contributed by atoms with Gasteiger partial charge in [-0.25, -0.2) is 0 Å². The zero-order valence-corrected chi connectivity index (χ0v) is 13.3. The zero-order chi connectivity index (χ0) is 15.1. The van der Waals surface area contributed by atoms with Crippen molar-refractivity contribution in [1.29, 1.82) is 0 Å².